The lowest BCUT2D eigenvalue weighted by molar-refractivity contribution is -0.143. The quantitative estimate of drug-likeness (QED) is 0.273. The second-order valence-electron chi connectivity index (χ2n) is 12.6. The third-order valence-electron chi connectivity index (χ3n) is 9.82. The van der Waals surface area contributed by atoms with Crippen LogP contribution in [-0.4, -0.2) is 40.1 Å². The Bertz CT molecular complexity index is 1500. The molecular weight excluding hydrogens is 605 g/mol. The first kappa shape index (κ1) is 31.5. The van der Waals surface area contributed by atoms with Crippen LogP contribution in [0.15, 0.2) is 46.9 Å². The van der Waals surface area contributed by atoms with Crippen LogP contribution < -0.4 is 5.32 Å². The van der Waals surface area contributed by atoms with Gasteiger partial charge in [0.2, 0.25) is 17.7 Å². The monoisotopic (exact) mass is 638 g/mol. The third kappa shape index (κ3) is 6.59. The Labute approximate surface area is 255 Å². The van der Waals surface area contributed by atoms with Gasteiger partial charge in [-0.05, 0) is 105 Å². The molecule has 2 saturated carbocycles. The van der Waals surface area contributed by atoms with Crippen LogP contribution in [0.2, 0.25) is 0 Å². The summed E-state index contributed by atoms with van der Waals surface area (Å²) in [6.07, 6.45) is -5.83. The van der Waals surface area contributed by atoms with Crippen molar-refractivity contribution < 1.29 is 39.9 Å². The molecule has 2 aliphatic carbocycles. The van der Waals surface area contributed by atoms with E-state index in [1.54, 1.807) is 6.92 Å². The largest absolute Gasteiger partial charge is 0.425 e. The number of nitrogens with zero attached hydrogens (tertiary/aromatic N) is 3. The molecule has 1 saturated heterocycles. The van der Waals surface area contributed by atoms with E-state index in [0.29, 0.717) is 49.1 Å². The zero-order chi connectivity index (χ0) is 32.1. The van der Waals surface area contributed by atoms with Crippen molar-refractivity contribution in [3.63, 3.8) is 0 Å². The van der Waals surface area contributed by atoms with Gasteiger partial charge in [0.15, 0.2) is 0 Å². The second kappa shape index (κ2) is 11.7. The van der Waals surface area contributed by atoms with Crippen molar-refractivity contribution >= 4 is 5.91 Å². The highest BCUT2D eigenvalue weighted by atomic mass is 19.4. The number of benzene rings is 2. The van der Waals surface area contributed by atoms with Gasteiger partial charge < -0.3 is 14.6 Å². The van der Waals surface area contributed by atoms with Gasteiger partial charge in [-0.1, -0.05) is 12.1 Å². The van der Waals surface area contributed by atoms with Crippen molar-refractivity contribution in [3.8, 4) is 0 Å². The average molecular weight is 639 g/mol. The molecule has 4 atom stereocenters. The number of carbonyl (C=O) groups is 1. The first-order valence-corrected chi connectivity index (χ1v) is 15.1. The molecule has 2 heterocycles. The highest BCUT2D eigenvalue weighted by molar-refractivity contribution is 5.84. The molecule has 2 aromatic carbocycles. The van der Waals surface area contributed by atoms with Crippen LogP contribution in [0, 0.1) is 24.1 Å². The number of aryl methyl sites for hydroxylation is 1. The summed E-state index contributed by atoms with van der Waals surface area (Å²) in [5, 5.41) is 10.7. The number of nitrogens with one attached hydrogen (secondary N) is 1. The first-order chi connectivity index (χ1) is 21.2. The molecular formula is C32H33F7N4O2. The van der Waals surface area contributed by atoms with Gasteiger partial charge in [-0.2, -0.15) is 26.3 Å². The van der Waals surface area contributed by atoms with E-state index < -0.39 is 35.4 Å². The summed E-state index contributed by atoms with van der Waals surface area (Å²) in [7, 11) is 0. The molecule has 242 valence electrons. The molecule has 3 fully saturated rings. The molecule has 0 radical (unpaired) electrons. The Morgan fingerprint density at radius 2 is 1.62 bits per heavy atom. The van der Waals surface area contributed by atoms with Crippen LogP contribution in [0.25, 0.3) is 0 Å². The van der Waals surface area contributed by atoms with Gasteiger partial charge in [0.05, 0.1) is 16.5 Å². The number of hydrogen-bond donors (Lipinski definition) is 1. The van der Waals surface area contributed by atoms with Gasteiger partial charge in [-0.15, -0.1) is 10.2 Å². The zero-order valence-corrected chi connectivity index (χ0v) is 24.5. The van der Waals surface area contributed by atoms with Gasteiger partial charge in [-0.3, -0.25) is 4.79 Å². The summed E-state index contributed by atoms with van der Waals surface area (Å²) < 4.78 is 99.6. The molecule has 45 heavy (non-hydrogen) atoms. The van der Waals surface area contributed by atoms with E-state index in [0.717, 1.165) is 37.9 Å². The molecule has 3 aromatic rings. The molecule has 4 unspecified atom stereocenters. The summed E-state index contributed by atoms with van der Waals surface area (Å²) in [6, 6.07) is 8.01. The molecule has 1 aliphatic heterocycles. The Kier molecular flexibility index (Phi) is 8.20. The maximum absolute atomic E-state index is 14.0. The van der Waals surface area contributed by atoms with Crippen molar-refractivity contribution in [2.24, 2.45) is 11.3 Å². The third-order valence-corrected chi connectivity index (χ3v) is 9.82. The molecule has 1 aromatic heterocycles. The number of likely N-dealkylation sites (tertiary alicyclic amines) is 1. The smallest absolute Gasteiger partial charge is 0.416 e. The van der Waals surface area contributed by atoms with Crippen molar-refractivity contribution in [1.29, 1.82) is 0 Å². The molecule has 6 nitrogen and oxygen atoms in total. The van der Waals surface area contributed by atoms with E-state index in [1.165, 1.54) is 12.1 Å². The number of hydrogen-bond acceptors (Lipinski definition) is 5. The predicted molar refractivity (Wildman–Crippen MR) is 148 cm³/mol. The lowest BCUT2D eigenvalue weighted by Crippen LogP contribution is -2.44. The second-order valence-corrected chi connectivity index (χ2v) is 12.6. The number of rotatable bonds is 7. The fourth-order valence-corrected chi connectivity index (χ4v) is 7.42. The van der Waals surface area contributed by atoms with E-state index in [4.69, 9.17) is 4.42 Å². The molecule has 1 amide bonds. The van der Waals surface area contributed by atoms with E-state index in [9.17, 15) is 35.5 Å². The predicted octanol–water partition coefficient (Wildman–Crippen LogP) is 7.39. The number of halogens is 7. The van der Waals surface area contributed by atoms with Gasteiger partial charge in [0, 0.05) is 25.4 Å². The van der Waals surface area contributed by atoms with Gasteiger partial charge in [-0.25, -0.2) is 4.39 Å². The van der Waals surface area contributed by atoms with Crippen LogP contribution in [0.1, 0.15) is 84.4 Å². The van der Waals surface area contributed by atoms with E-state index in [-0.39, 0.29) is 41.2 Å². The Hall–Kier alpha value is -3.48. The van der Waals surface area contributed by atoms with Crippen LogP contribution >= 0.6 is 0 Å². The van der Waals surface area contributed by atoms with Crippen LogP contribution in [0.4, 0.5) is 30.7 Å². The van der Waals surface area contributed by atoms with Crippen molar-refractivity contribution in [1.82, 2.24) is 20.4 Å². The average Bonchev–Trinajstić information content (AvgIpc) is 3.47. The maximum atomic E-state index is 14.0. The minimum absolute atomic E-state index is 0.0782. The minimum Gasteiger partial charge on any atom is -0.425 e. The number of piperidine rings is 1. The first-order valence-electron chi connectivity index (χ1n) is 15.1. The summed E-state index contributed by atoms with van der Waals surface area (Å²) in [5.74, 6) is 0.171. The summed E-state index contributed by atoms with van der Waals surface area (Å²) in [5.41, 5.74) is -2.92. The fourth-order valence-electron chi connectivity index (χ4n) is 7.42. The van der Waals surface area contributed by atoms with E-state index in [2.05, 4.69) is 20.4 Å². The Balaban J connectivity index is 1.19. The Morgan fingerprint density at radius 3 is 2.20 bits per heavy atom. The summed E-state index contributed by atoms with van der Waals surface area (Å²) in [4.78, 5) is 16.4. The highest BCUT2D eigenvalue weighted by Gasteiger charge is 2.62. The molecule has 3 aliphatic rings. The van der Waals surface area contributed by atoms with Crippen molar-refractivity contribution in [3.05, 3.63) is 82.3 Å². The lowest BCUT2D eigenvalue weighted by Gasteiger charge is -2.37. The summed E-state index contributed by atoms with van der Waals surface area (Å²) >= 11 is 0. The van der Waals surface area contributed by atoms with E-state index in [1.807, 2.05) is 12.1 Å². The van der Waals surface area contributed by atoms with Gasteiger partial charge >= 0.3 is 12.4 Å². The maximum Gasteiger partial charge on any atom is 0.416 e. The van der Waals surface area contributed by atoms with Gasteiger partial charge in [0.25, 0.3) is 0 Å². The van der Waals surface area contributed by atoms with Crippen LogP contribution in [0.5, 0.6) is 0 Å². The summed E-state index contributed by atoms with van der Waals surface area (Å²) in [6.45, 7) is 2.79. The SMILES string of the molecule is Cc1nnc(C2CC2C2(C(=O)NCc3cc(C(F)(F)F)cc(C(F)(F)F)c3)CCC(N3CCC(c4ccc(F)cc4)CC3)C2)o1. The van der Waals surface area contributed by atoms with Gasteiger partial charge in [0.1, 0.15) is 5.82 Å². The fraction of sp³-hybridized carbons (Fsp3) is 0.531. The molecule has 0 bridgehead atoms. The van der Waals surface area contributed by atoms with Crippen LogP contribution in [0.3, 0.4) is 0 Å². The zero-order valence-electron chi connectivity index (χ0n) is 24.5. The molecule has 0 spiro atoms. The lowest BCUT2D eigenvalue weighted by atomic mass is 9.78. The topological polar surface area (TPSA) is 71.3 Å². The van der Waals surface area contributed by atoms with E-state index >= 15 is 0 Å². The molecule has 6 rings (SSSR count). The normalized spacial score (nSPS) is 26.3. The Morgan fingerprint density at radius 1 is 0.978 bits per heavy atom. The number of aromatic nitrogens is 2. The molecule has 1 N–H and O–H groups in total. The minimum atomic E-state index is -4.98. The number of carbonyl (C=O) groups excluding carboxylic acids is 1. The van der Waals surface area contributed by atoms with Crippen LogP contribution in [-0.2, 0) is 23.7 Å². The van der Waals surface area contributed by atoms with Crippen molar-refractivity contribution in [2.45, 2.75) is 82.2 Å². The van der Waals surface area contributed by atoms with Crippen molar-refractivity contribution in [2.75, 3.05) is 13.1 Å². The highest BCUT2D eigenvalue weighted by Crippen LogP contribution is 2.63. The number of amides is 1. The molecule has 13 heteroatoms. The standard InChI is InChI=1S/C32H33F7N4O2/c1-18-41-42-28(45-18)26-15-27(26)30(29(44)40-17-19-12-22(31(34,35)36)14-23(13-19)32(37,38)39)9-6-25(16-30)43-10-7-21(8-11-43)20-2-4-24(33)5-3-20/h2-5,12-14,21,25-27H,6-11,15-17H2,1H3,(H,40,44). The number of alkyl halides is 6.